The predicted octanol–water partition coefficient (Wildman–Crippen LogP) is -0.108. The van der Waals surface area contributed by atoms with Gasteiger partial charge in [0.05, 0.1) is 18.3 Å². The summed E-state index contributed by atoms with van der Waals surface area (Å²) in [7, 11) is 0. The second-order valence-corrected chi connectivity index (χ2v) is 3.66. The topological polar surface area (TPSA) is 64.7 Å². The quantitative estimate of drug-likeness (QED) is 0.647. The van der Waals surface area contributed by atoms with E-state index in [2.05, 4.69) is 0 Å². The molecule has 0 aromatic heterocycles. The first-order valence-corrected chi connectivity index (χ1v) is 4.78. The number of rotatable bonds is 4. The van der Waals surface area contributed by atoms with Crippen molar-refractivity contribution < 1.29 is 14.6 Å². The SMILES string of the molecule is CC(O)COC1(CN)CCOCC1. The summed E-state index contributed by atoms with van der Waals surface area (Å²) in [5, 5.41) is 9.10. The molecule has 1 fully saturated rings. The number of nitrogens with two attached hydrogens (primary N) is 1. The van der Waals surface area contributed by atoms with Gasteiger partial charge in [-0.3, -0.25) is 0 Å². The average molecular weight is 189 g/mol. The van der Waals surface area contributed by atoms with Crippen molar-refractivity contribution in [3.63, 3.8) is 0 Å². The molecule has 0 spiro atoms. The maximum absolute atomic E-state index is 9.10. The molecule has 4 nitrogen and oxygen atoms in total. The van der Waals surface area contributed by atoms with Crippen LogP contribution in [0.4, 0.5) is 0 Å². The first-order chi connectivity index (χ1) is 6.18. The monoisotopic (exact) mass is 189 g/mol. The van der Waals surface area contributed by atoms with E-state index >= 15 is 0 Å². The zero-order valence-corrected chi connectivity index (χ0v) is 8.16. The Bertz CT molecular complexity index is 144. The lowest BCUT2D eigenvalue weighted by Crippen LogP contribution is -2.46. The lowest BCUT2D eigenvalue weighted by atomic mass is 9.94. The maximum Gasteiger partial charge on any atom is 0.0849 e. The van der Waals surface area contributed by atoms with E-state index in [4.69, 9.17) is 20.3 Å². The number of aliphatic hydroxyl groups is 1. The molecule has 0 aromatic rings. The smallest absolute Gasteiger partial charge is 0.0849 e. The second-order valence-electron chi connectivity index (χ2n) is 3.66. The van der Waals surface area contributed by atoms with Crippen LogP contribution in [0.3, 0.4) is 0 Å². The van der Waals surface area contributed by atoms with Crippen molar-refractivity contribution in [2.24, 2.45) is 5.73 Å². The van der Waals surface area contributed by atoms with Crippen LogP contribution in [0.1, 0.15) is 19.8 Å². The summed E-state index contributed by atoms with van der Waals surface area (Å²) in [6.45, 7) is 3.98. The van der Waals surface area contributed by atoms with Gasteiger partial charge < -0.3 is 20.3 Å². The first kappa shape index (κ1) is 10.9. The van der Waals surface area contributed by atoms with Gasteiger partial charge in [-0.15, -0.1) is 0 Å². The zero-order chi connectivity index (χ0) is 9.73. The van der Waals surface area contributed by atoms with Gasteiger partial charge in [-0.2, -0.15) is 0 Å². The fourth-order valence-electron chi connectivity index (χ4n) is 1.45. The van der Waals surface area contributed by atoms with Crippen molar-refractivity contribution in [1.29, 1.82) is 0 Å². The zero-order valence-electron chi connectivity index (χ0n) is 8.16. The minimum Gasteiger partial charge on any atom is -0.391 e. The highest BCUT2D eigenvalue weighted by Crippen LogP contribution is 2.23. The minimum atomic E-state index is -0.425. The molecule has 3 N–H and O–H groups in total. The number of hydrogen-bond donors (Lipinski definition) is 2. The Morgan fingerprint density at radius 3 is 2.62 bits per heavy atom. The van der Waals surface area contributed by atoms with Crippen LogP contribution in [0, 0.1) is 0 Å². The van der Waals surface area contributed by atoms with E-state index < -0.39 is 6.10 Å². The molecule has 1 saturated heterocycles. The summed E-state index contributed by atoms with van der Waals surface area (Å²) in [5.74, 6) is 0. The summed E-state index contributed by atoms with van der Waals surface area (Å²) in [4.78, 5) is 0. The van der Waals surface area contributed by atoms with Crippen LogP contribution in [-0.4, -0.2) is 43.2 Å². The van der Waals surface area contributed by atoms with E-state index in [-0.39, 0.29) is 5.60 Å². The molecule has 1 aliphatic heterocycles. The Balaban J connectivity index is 2.38. The first-order valence-electron chi connectivity index (χ1n) is 4.78. The fraction of sp³-hybridized carbons (Fsp3) is 1.00. The van der Waals surface area contributed by atoms with Crippen LogP contribution in [-0.2, 0) is 9.47 Å². The Kier molecular flexibility index (Phi) is 4.12. The van der Waals surface area contributed by atoms with E-state index in [0.29, 0.717) is 26.4 Å². The standard InChI is InChI=1S/C9H19NO3/c1-8(11)6-13-9(7-10)2-4-12-5-3-9/h8,11H,2-7,10H2,1H3. The van der Waals surface area contributed by atoms with Gasteiger partial charge in [0.25, 0.3) is 0 Å². The van der Waals surface area contributed by atoms with Crippen molar-refractivity contribution >= 4 is 0 Å². The summed E-state index contributed by atoms with van der Waals surface area (Å²) in [6, 6.07) is 0. The minimum absolute atomic E-state index is 0.255. The largest absolute Gasteiger partial charge is 0.391 e. The van der Waals surface area contributed by atoms with E-state index in [1.54, 1.807) is 6.92 Å². The van der Waals surface area contributed by atoms with Crippen LogP contribution < -0.4 is 5.73 Å². The molecule has 1 heterocycles. The predicted molar refractivity (Wildman–Crippen MR) is 49.5 cm³/mol. The average Bonchev–Trinajstić information content (AvgIpc) is 2.16. The molecular weight excluding hydrogens is 170 g/mol. The molecule has 0 aromatic carbocycles. The molecule has 0 bridgehead atoms. The molecule has 1 unspecified atom stereocenters. The third-order valence-corrected chi connectivity index (χ3v) is 2.41. The molecule has 1 rings (SSSR count). The summed E-state index contributed by atoms with van der Waals surface area (Å²) >= 11 is 0. The molecule has 1 aliphatic rings. The van der Waals surface area contributed by atoms with Gasteiger partial charge in [-0.05, 0) is 6.92 Å². The molecule has 78 valence electrons. The number of aliphatic hydroxyl groups excluding tert-OH is 1. The Labute approximate surface area is 79.0 Å². The van der Waals surface area contributed by atoms with E-state index in [0.717, 1.165) is 12.8 Å². The summed E-state index contributed by atoms with van der Waals surface area (Å²) < 4.78 is 10.9. The molecule has 0 aliphatic carbocycles. The molecule has 0 amide bonds. The Morgan fingerprint density at radius 2 is 2.15 bits per heavy atom. The molecule has 0 radical (unpaired) electrons. The van der Waals surface area contributed by atoms with Gasteiger partial charge in [0.1, 0.15) is 0 Å². The molecule has 4 heteroatoms. The highest BCUT2D eigenvalue weighted by atomic mass is 16.5. The van der Waals surface area contributed by atoms with Crippen LogP contribution in [0.5, 0.6) is 0 Å². The summed E-state index contributed by atoms with van der Waals surface area (Å²) in [5.41, 5.74) is 5.41. The number of hydrogen-bond acceptors (Lipinski definition) is 4. The van der Waals surface area contributed by atoms with Crippen LogP contribution in [0.25, 0.3) is 0 Å². The van der Waals surface area contributed by atoms with Gasteiger partial charge >= 0.3 is 0 Å². The number of ether oxygens (including phenoxy) is 2. The van der Waals surface area contributed by atoms with Gasteiger partial charge in [-0.25, -0.2) is 0 Å². The van der Waals surface area contributed by atoms with Crippen molar-refractivity contribution in [3.8, 4) is 0 Å². The van der Waals surface area contributed by atoms with E-state index in [1.807, 2.05) is 0 Å². The van der Waals surface area contributed by atoms with Crippen LogP contribution >= 0.6 is 0 Å². The van der Waals surface area contributed by atoms with E-state index in [1.165, 1.54) is 0 Å². The van der Waals surface area contributed by atoms with E-state index in [9.17, 15) is 0 Å². The normalized spacial score (nSPS) is 24.2. The third kappa shape index (κ3) is 3.23. The fourth-order valence-corrected chi connectivity index (χ4v) is 1.45. The molecule has 13 heavy (non-hydrogen) atoms. The second kappa shape index (κ2) is 4.91. The van der Waals surface area contributed by atoms with Crippen molar-refractivity contribution in [2.75, 3.05) is 26.4 Å². The van der Waals surface area contributed by atoms with Gasteiger partial charge in [0.2, 0.25) is 0 Å². The van der Waals surface area contributed by atoms with Crippen LogP contribution in [0.2, 0.25) is 0 Å². The summed E-state index contributed by atoms with van der Waals surface area (Å²) in [6.07, 6.45) is 1.23. The van der Waals surface area contributed by atoms with Crippen LogP contribution in [0.15, 0.2) is 0 Å². The molecule has 0 saturated carbocycles. The van der Waals surface area contributed by atoms with Gasteiger partial charge in [0.15, 0.2) is 0 Å². The Morgan fingerprint density at radius 1 is 1.54 bits per heavy atom. The molecular formula is C9H19NO3. The highest BCUT2D eigenvalue weighted by Gasteiger charge is 2.32. The lowest BCUT2D eigenvalue weighted by molar-refractivity contribution is -0.122. The van der Waals surface area contributed by atoms with Crippen molar-refractivity contribution in [2.45, 2.75) is 31.5 Å². The van der Waals surface area contributed by atoms with Crippen molar-refractivity contribution in [1.82, 2.24) is 0 Å². The Hall–Kier alpha value is -0.160. The maximum atomic E-state index is 9.10. The molecule has 1 atom stereocenters. The highest BCUT2D eigenvalue weighted by molar-refractivity contribution is 4.84. The van der Waals surface area contributed by atoms with Crippen molar-refractivity contribution in [3.05, 3.63) is 0 Å². The third-order valence-electron chi connectivity index (χ3n) is 2.41. The lowest BCUT2D eigenvalue weighted by Gasteiger charge is -2.36. The van der Waals surface area contributed by atoms with Gasteiger partial charge in [0, 0.05) is 32.6 Å². The van der Waals surface area contributed by atoms with Gasteiger partial charge in [-0.1, -0.05) is 0 Å².